The van der Waals surface area contributed by atoms with Crippen LogP contribution < -0.4 is 0 Å². The van der Waals surface area contributed by atoms with Gasteiger partial charge in [-0.2, -0.15) is 0 Å². The highest BCUT2D eigenvalue weighted by Crippen LogP contribution is 2.26. The van der Waals surface area contributed by atoms with Crippen molar-refractivity contribution in [1.82, 2.24) is 0 Å². The molecule has 0 aliphatic heterocycles. The van der Waals surface area contributed by atoms with Gasteiger partial charge in [-0.3, -0.25) is 0 Å². The first-order chi connectivity index (χ1) is 9.24. The lowest BCUT2D eigenvalue weighted by molar-refractivity contribution is -0.0155. The first-order valence-corrected chi connectivity index (χ1v) is 8.47. The zero-order valence-electron chi connectivity index (χ0n) is 12.9. The molecular formula is C17H32O2. The molecule has 0 aromatic heterocycles. The van der Waals surface area contributed by atoms with Crippen LogP contribution in [0.4, 0.5) is 0 Å². The van der Waals surface area contributed by atoms with Crippen molar-refractivity contribution < 1.29 is 9.47 Å². The van der Waals surface area contributed by atoms with Crippen LogP contribution in [0.3, 0.4) is 0 Å². The van der Waals surface area contributed by atoms with Gasteiger partial charge in [0.15, 0.2) is 0 Å². The van der Waals surface area contributed by atoms with Crippen LogP contribution in [0.1, 0.15) is 71.6 Å². The fraction of sp³-hybridized carbons (Fsp3) is 1.00. The first kappa shape index (κ1) is 15.3. The Labute approximate surface area is 119 Å². The Bertz CT molecular complexity index is 201. The van der Waals surface area contributed by atoms with Gasteiger partial charge in [0.25, 0.3) is 0 Å². The van der Waals surface area contributed by atoms with Crippen LogP contribution in [-0.4, -0.2) is 25.4 Å². The second-order valence-electron chi connectivity index (χ2n) is 6.86. The molecule has 19 heavy (non-hydrogen) atoms. The van der Waals surface area contributed by atoms with E-state index in [0.717, 1.165) is 31.5 Å². The van der Waals surface area contributed by atoms with E-state index in [1.807, 2.05) is 0 Å². The third kappa shape index (κ3) is 5.83. The van der Waals surface area contributed by atoms with Crippen molar-refractivity contribution in [3.05, 3.63) is 0 Å². The fourth-order valence-corrected chi connectivity index (χ4v) is 3.35. The summed E-state index contributed by atoms with van der Waals surface area (Å²) in [7, 11) is 0. The smallest absolute Gasteiger partial charge is 0.0575 e. The molecule has 2 aliphatic rings. The number of hydrogen-bond acceptors (Lipinski definition) is 2. The fourth-order valence-electron chi connectivity index (χ4n) is 3.35. The van der Waals surface area contributed by atoms with Crippen molar-refractivity contribution in [3.63, 3.8) is 0 Å². The van der Waals surface area contributed by atoms with Crippen molar-refractivity contribution in [3.8, 4) is 0 Å². The summed E-state index contributed by atoms with van der Waals surface area (Å²) in [6, 6.07) is 0. The summed E-state index contributed by atoms with van der Waals surface area (Å²) in [5, 5.41) is 0. The first-order valence-electron chi connectivity index (χ1n) is 8.47. The topological polar surface area (TPSA) is 18.5 Å². The van der Waals surface area contributed by atoms with E-state index in [0.29, 0.717) is 12.2 Å². The molecule has 0 spiro atoms. The van der Waals surface area contributed by atoms with Gasteiger partial charge in [0, 0.05) is 13.2 Å². The summed E-state index contributed by atoms with van der Waals surface area (Å²) in [5.41, 5.74) is 0. The van der Waals surface area contributed by atoms with Gasteiger partial charge in [0.2, 0.25) is 0 Å². The SMILES string of the molecule is CC1CCC(OCCCOC2CCC(C)CC2)CC1. The molecule has 0 amide bonds. The molecule has 0 aromatic carbocycles. The summed E-state index contributed by atoms with van der Waals surface area (Å²) in [5.74, 6) is 1.83. The standard InChI is InChI=1S/C17H32O2/c1-14-4-8-16(9-5-14)18-12-3-13-19-17-10-6-15(2)7-11-17/h14-17H,3-13H2,1-2H3. The van der Waals surface area contributed by atoms with Crippen molar-refractivity contribution in [2.45, 2.75) is 83.8 Å². The van der Waals surface area contributed by atoms with Gasteiger partial charge in [0.1, 0.15) is 0 Å². The van der Waals surface area contributed by atoms with Crippen LogP contribution in [0.15, 0.2) is 0 Å². The van der Waals surface area contributed by atoms with E-state index in [9.17, 15) is 0 Å². The third-order valence-corrected chi connectivity index (χ3v) is 4.92. The lowest BCUT2D eigenvalue weighted by Gasteiger charge is -2.27. The lowest BCUT2D eigenvalue weighted by atomic mass is 9.89. The summed E-state index contributed by atoms with van der Waals surface area (Å²) in [6.45, 7) is 6.49. The van der Waals surface area contributed by atoms with Crippen molar-refractivity contribution in [2.75, 3.05) is 13.2 Å². The molecule has 2 fully saturated rings. The molecule has 0 atom stereocenters. The van der Waals surface area contributed by atoms with Gasteiger partial charge in [-0.15, -0.1) is 0 Å². The Kier molecular flexibility index (Phi) is 6.66. The molecule has 0 aromatic rings. The van der Waals surface area contributed by atoms with Gasteiger partial charge in [-0.05, 0) is 69.6 Å². The molecule has 0 heterocycles. The van der Waals surface area contributed by atoms with Crippen LogP contribution >= 0.6 is 0 Å². The lowest BCUT2D eigenvalue weighted by Crippen LogP contribution is -2.23. The molecule has 0 unspecified atom stereocenters. The van der Waals surface area contributed by atoms with E-state index in [2.05, 4.69) is 13.8 Å². The zero-order chi connectivity index (χ0) is 13.5. The molecule has 0 N–H and O–H groups in total. The van der Waals surface area contributed by atoms with E-state index < -0.39 is 0 Å². The highest BCUT2D eigenvalue weighted by atomic mass is 16.5. The Morgan fingerprint density at radius 2 is 1.00 bits per heavy atom. The van der Waals surface area contributed by atoms with Crippen LogP contribution in [0, 0.1) is 11.8 Å². The highest BCUT2D eigenvalue weighted by molar-refractivity contribution is 4.71. The minimum absolute atomic E-state index is 0.534. The molecule has 2 heteroatoms. The second kappa shape index (κ2) is 8.26. The largest absolute Gasteiger partial charge is 0.378 e. The van der Waals surface area contributed by atoms with Gasteiger partial charge >= 0.3 is 0 Å². The molecule has 2 aliphatic carbocycles. The van der Waals surface area contributed by atoms with Crippen molar-refractivity contribution >= 4 is 0 Å². The van der Waals surface area contributed by atoms with E-state index >= 15 is 0 Å². The normalized spacial score (nSPS) is 36.3. The zero-order valence-corrected chi connectivity index (χ0v) is 12.9. The maximum atomic E-state index is 5.96. The summed E-state index contributed by atoms with van der Waals surface area (Å²) >= 11 is 0. The van der Waals surface area contributed by atoms with Crippen molar-refractivity contribution in [1.29, 1.82) is 0 Å². The summed E-state index contributed by atoms with van der Waals surface area (Å²) in [4.78, 5) is 0. The predicted octanol–water partition coefficient (Wildman–Crippen LogP) is 4.57. The Morgan fingerprint density at radius 3 is 1.37 bits per heavy atom. The van der Waals surface area contributed by atoms with Crippen LogP contribution in [-0.2, 0) is 9.47 Å². The molecule has 2 saturated carbocycles. The quantitative estimate of drug-likeness (QED) is 0.657. The van der Waals surface area contributed by atoms with Crippen LogP contribution in [0.25, 0.3) is 0 Å². The molecule has 112 valence electrons. The monoisotopic (exact) mass is 268 g/mol. The van der Waals surface area contributed by atoms with Gasteiger partial charge in [-0.25, -0.2) is 0 Å². The van der Waals surface area contributed by atoms with Crippen LogP contribution in [0.2, 0.25) is 0 Å². The Hall–Kier alpha value is -0.0800. The second-order valence-corrected chi connectivity index (χ2v) is 6.86. The molecule has 0 saturated heterocycles. The Morgan fingerprint density at radius 1 is 0.632 bits per heavy atom. The number of hydrogen-bond donors (Lipinski definition) is 0. The van der Waals surface area contributed by atoms with E-state index in [4.69, 9.17) is 9.47 Å². The van der Waals surface area contributed by atoms with E-state index in [-0.39, 0.29) is 0 Å². The summed E-state index contributed by atoms with van der Waals surface area (Å²) < 4.78 is 11.9. The highest BCUT2D eigenvalue weighted by Gasteiger charge is 2.19. The van der Waals surface area contributed by atoms with Crippen molar-refractivity contribution in [2.24, 2.45) is 11.8 Å². The molecular weight excluding hydrogens is 236 g/mol. The minimum Gasteiger partial charge on any atom is -0.378 e. The number of rotatable bonds is 6. The Balaban J connectivity index is 1.44. The molecule has 0 bridgehead atoms. The number of ether oxygens (including phenoxy) is 2. The average Bonchev–Trinajstić information content (AvgIpc) is 2.43. The molecule has 0 radical (unpaired) electrons. The predicted molar refractivity (Wildman–Crippen MR) is 79.4 cm³/mol. The van der Waals surface area contributed by atoms with E-state index in [1.165, 1.54) is 51.4 Å². The maximum absolute atomic E-state index is 5.96. The maximum Gasteiger partial charge on any atom is 0.0575 e. The van der Waals surface area contributed by atoms with Gasteiger partial charge in [0.05, 0.1) is 12.2 Å². The minimum atomic E-state index is 0.534. The van der Waals surface area contributed by atoms with Gasteiger partial charge < -0.3 is 9.47 Å². The van der Waals surface area contributed by atoms with Crippen LogP contribution in [0.5, 0.6) is 0 Å². The van der Waals surface area contributed by atoms with E-state index in [1.54, 1.807) is 0 Å². The van der Waals surface area contributed by atoms with Gasteiger partial charge in [-0.1, -0.05) is 13.8 Å². The third-order valence-electron chi connectivity index (χ3n) is 4.92. The summed E-state index contributed by atoms with van der Waals surface area (Å²) in [6.07, 6.45) is 12.6. The molecule has 2 nitrogen and oxygen atoms in total. The average molecular weight is 268 g/mol. The molecule has 2 rings (SSSR count).